The molecule has 0 bridgehead atoms. The molecule has 2 saturated heterocycles. The highest BCUT2D eigenvalue weighted by atomic mass is 15.2. The lowest BCUT2D eigenvalue weighted by molar-refractivity contribution is 0.140. The summed E-state index contributed by atoms with van der Waals surface area (Å²) in [5.74, 6) is 0. The van der Waals surface area contributed by atoms with Gasteiger partial charge < -0.3 is 9.80 Å². The van der Waals surface area contributed by atoms with Crippen molar-refractivity contribution >= 4 is 0 Å². The topological polar surface area (TPSA) is 6.48 Å². The molecule has 3 aliphatic rings. The van der Waals surface area contributed by atoms with Crippen molar-refractivity contribution in [1.82, 2.24) is 9.80 Å². The first-order chi connectivity index (χ1) is 9.52. The lowest BCUT2D eigenvalue weighted by Crippen LogP contribution is -2.38. The number of rotatable bonds is 2. The Balaban J connectivity index is 0.000000151. The van der Waals surface area contributed by atoms with Crippen molar-refractivity contribution < 1.29 is 0 Å². The standard InChI is InChI=1S/C10H19N.C8H17N/c1-9(2)11-7-5-10(3-4-10)6-8-11;1-8(2)9-6-4-3-5-7-9/h9H,3-8H2,1-2H3;8H,3-7H2,1-2H3. The van der Waals surface area contributed by atoms with Gasteiger partial charge in [-0.1, -0.05) is 6.42 Å². The van der Waals surface area contributed by atoms with Crippen LogP contribution in [0, 0.1) is 5.41 Å². The second-order valence-corrected chi connectivity index (χ2v) is 7.82. The maximum Gasteiger partial charge on any atom is 0.00385 e. The van der Waals surface area contributed by atoms with Crippen molar-refractivity contribution in [2.45, 2.75) is 84.7 Å². The van der Waals surface area contributed by atoms with Crippen molar-refractivity contribution in [3.8, 4) is 0 Å². The molecule has 0 amide bonds. The number of nitrogens with zero attached hydrogens (tertiary/aromatic N) is 2. The van der Waals surface area contributed by atoms with Crippen molar-refractivity contribution in [1.29, 1.82) is 0 Å². The fourth-order valence-corrected chi connectivity index (χ4v) is 3.63. The van der Waals surface area contributed by atoms with Crippen LogP contribution in [-0.2, 0) is 0 Å². The minimum Gasteiger partial charge on any atom is -0.301 e. The number of likely N-dealkylation sites (tertiary alicyclic amines) is 2. The summed E-state index contributed by atoms with van der Waals surface area (Å²) in [4.78, 5) is 5.17. The van der Waals surface area contributed by atoms with E-state index in [1.165, 1.54) is 71.1 Å². The molecule has 1 saturated carbocycles. The Morgan fingerprint density at radius 1 is 0.600 bits per heavy atom. The molecule has 0 N–H and O–H groups in total. The minimum absolute atomic E-state index is 0.769. The number of hydrogen-bond acceptors (Lipinski definition) is 2. The number of hydrogen-bond donors (Lipinski definition) is 0. The zero-order valence-corrected chi connectivity index (χ0v) is 14.3. The van der Waals surface area contributed by atoms with Crippen LogP contribution >= 0.6 is 0 Å². The van der Waals surface area contributed by atoms with Gasteiger partial charge >= 0.3 is 0 Å². The van der Waals surface area contributed by atoms with Gasteiger partial charge in [0.1, 0.15) is 0 Å². The van der Waals surface area contributed by atoms with E-state index in [1.54, 1.807) is 0 Å². The van der Waals surface area contributed by atoms with E-state index in [2.05, 4.69) is 37.5 Å². The van der Waals surface area contributed by atoms with Gasteiger partial charge in [-0.2, -0.15) is 0 Å². The zero-order valence-electron chi connectivity index (χ0n) is 14.3. The van der Waals surface area contributed by atoms with E-state index >= 15 is 0 Å². The molecule has 0 aromatic heterocycles. The van der Waals surface area contributed by atoms with E-state index in [0.29, 0.717) is 0 Å². The largest absolute Gasteiger partial charge is 0.301 e. The van der Waals surface area contributed by atoms with Crippen LogP contribution in [-0.4, -0.2) is 48.1 Å². The predicted molar refractivity (Wildman–Crippen MR) is 88.2 cm³/mol. The van der Waals surface area contributed by atoms with Crippen LogP contribution in [0.4, 0.5) is 0 Å². The monoisotopic (exact) mass is 280 g/mol. The molecule has 0 aromatic carbocycles. The Labute approximate surface area is 126 Å². The average Bonchev–Trinajstić information content (AvgIpc) is 3.20. The third-order valence-corrected chi connectivity index (χ3v) is 5.67. The second kappa shape index (κ2) is 7.26. The Bertz CT molecular complexity index is 265. The van der Waals surface area contributed by atoms with Gasteiger partial charge in [0.2, 0.25) is 0 Å². The maximum atomic E-state index is 2.61. The van der Waals surface area contributed by atoms with Crippen LogP contribution in [0.1, 0.15) is 72.6 Å². The van der Waals surface area contributed by atoms with Gasteiger partial charge in [-0.05, 0) is 97.8 Å². The molecule has 2 aliphatic heterocycles. The highest BCUT2D eigenvalue weighted by Crippen LogP contribution is 2.53. The summed E-state index contributed by atoms with van der Waals surface area (Å²) in [5, 5.41) is 0. The fraction of sp³-hybridized carbons (Fsp3) is 1.00. The first-order valence-corrected chi connectivity index (χ1v) is 9.00. The molecule has 1 aliphatic carbocycles. The van der Waals surface area contributed by atoms with E-state index in [1.807, 2.05) is 0 Å². The van der Waals surface area contributed by atoms with Gasteiger partial charge in [-0.15, -0.1) is 0 Å². The van der Waals surface area contributed by atoms with Crippen molar-refractivity contribution in [2.75, 3.05) is 26.2 Å². The van der Waals surface area contributed by atoms with Crippen LogP contribution in [0.2, 0.25) is 0 Å². The molecule has 0 unspecified atom stereocenters. The molecule has 3 fully saturated rings. The molecule has 3 rings (SSSR count). The summed E-state index contributed by atoms with van der Waals surface area (Å²) >= 11 is 0. The Morgan fingerprint density at radius 3 is 1.40 bits per heavy atom. The summed E-state index contributed by atoms with van der Waals surface area (Å²) < 4.78 is 0. The van der Waals surface area contributed by atoms with Crippen LogP contribution in [0.25, 0.3) is 0 Å². The SMILES string of the molecule is CC(C)N1CCC2(CC1)CC2.CC(C)N1CCCCC1. The predicted octanol–water partition coefficient (Wildman–Crippen LogP) is 4.15. The van der Waals surface area contributed by atoms with Crippen LogP contribution in [0.15, 0.2) is 0 Å². The molecule has 20 heavy (non-hydrogen) atoms. The van der Waals surface area contributed by atoms with Gasteiger partial charge in [-0.25, -0.2) is 0 Å². The normalized spacial score (nSPS) is 26.7. The maximum absolute atomic E-state index is 2.61. The molecule has 1 spiro atoms. The van der Waals surface area contributed by atoms with E-state index in [9.17, 15) is 0 Å². The van der Waals surface area contributed by atoms with Crippen molar-refractivity contribution in [2.24, 2.45) is 5.41 Å². The molecule has 2 heteroatoms. The molecule has 2 nitrogen and oxygen atoms in total. The molecule has 118 valence electrons. The van der Waals surface area contributed by atoms with Crippen molar-refractivity contribution in [3.63, 3.8) is 0 Å². The second-order valence-electron chi connectivity index (χ2n) is 7.82. The molecule has 2 heterocycles. The zero-order chi connectivity index (χ0) is 14.6. The fourth-order valence-electron chi connectivity index (χ4n) is 3.63. The first kappa shape index (κ1) is 16.3. The average molecular weight is 280 g/mol. The van der Waals surface area contributed by atoms with Crippen molar-refractivity contribution in [3.05, 3.63) is 0 Å². The Kier molecular flexibility index (Phi) is 5.92. The first-order valence-electron chi connectivity index (χ1n) is 9.00. The van der Waals surface area contributed by atoms with Crippen LogP contribution < -0.4 is 0 Å². The third-order valence-electron chi connectivity index (χ3n) is 5.67. The molecule has 0 radical (unpaired) electrons. The van der Waals surface area contributed by atoms with E-state index in [4.69, 9.17) is 0 Å². The highest BCUT2D eigenvalue weighted by Gasteiger charge is 2.44. The summed E-state index contributed by atoms with van der Waals surface area (Å²) in [6, 6.07) is 1.54. The molecule has 0 atom stereocenters. The lowest BCUT2D eigenvalue weighted by atomic mass is 9.93. The molecule has 0 aromatic rings. The number of piperidine rings is 2. The van der Waals surface area contributed by atoms with Gasteiger partial charge in [0.05, 0.1) is 0 Å². The quantitative estimate of drug-likeness (QED) is 0.749. The van der Waals surface area contributed by atoms with E-state index in [-0.39, 0.29) is 0 Å². The summed E-state index contributed by atoms with van der Waals surface area (Å²) in [5.41, 5.74) is 0.853. The van der Waals surface area contributed by atoms with E-state index < -0.39 is 0 Å². The Hall–Kier alpha value is -0.0800. The van der Waals surface area contributed by atoms with Crippen LogP contribution in [0.3, 0.4) is 0 Å². The molecular weight excluding hydrogens is 244 g/mol. The summed E-state index contributed by atoms with van der Waals surface area (Å²) in [6.07, 6.45) is 10.3. The van der Waals surface area contributed by atoms with Crippen LogP contribution in [0.5, 0.6) is 0 Å². The smallest absolute Gasteiger partial charge is 0.00385 e. The van der Waals surface area contributed by atoms with Gasteiger partial charge in [0, 0.05) is 12.1 Å². The van der Waals surface area contributed by atoms with Gasteiger partial charge in [-0.3, -0.25) is 0 Å². The van der Waals surface area contributed by atoms with E-state index in [0.717, 1.165) is 17.5 Å². The lowest BCUT2D eigenvalue weighted by Gasteiger charge is -2.34. The van der Waals surface area contributed by atoms with Gasteiger partial charge in [0.15, 0.2) is 0 Å². The Morgan fingerprint density at radius 2 is 1.05 bits per heavy atom. The highest BCUT2D eigenvalue weighted by molar-refractivity contribution is 4.97. The minimum atomic E-state index is 0.769. The van der Waals surface area contributed by atoms with Gasteiger partial charge in [0.25, 0.3) is 0 Å². The summed E-state index contributed by atoms with van der Waals surface area (Å²) in [6.45, 7) is 14.6. The molecular formula is C18H36N2. The third kappa shape index (κ3) is 4.73. The summed E-state index contributed by atoms with van der Waals surface area (Å²) in [7, 11) is 0.